The number of aromatic nitrogens is 1. The van der Waals surface area contributed by atoms with Crippen LogP contribution in [0.5, 0.6) is 0 Å². The zero-order valence-corrected chi connectivity index (χ0v) is 9.67. The van der Waals surface area contributed by atoms with Gasteiger partial charge in [-0.2, -0.15) is 0 Å². The number of halogens is 3. The van der Waals surface area contributed by atoms with Crippen molar-refractivity contribution in [3.05, 3.63) is 59.2 Å². The van der Waals surface area contributed by atoms with E-state index in [1.165, 1.54) is 0 Å². The second kappa shape index (κ2) is 5.08. The highest BCUT2D eigenvalue weighted by Gasteiger charge is 2.09. The highest BCUT2D eigenvalue weighted by atomic mass is 19.2. The van der Waals surface area contributed by atoms with Crippen LogP contribution in [0.3, 0.4) is 0 Å². The molecule has 0 aliphatic carbocycles. The number of hydrogen-bond donors (Lipinski definition) is 1. The van der Waals surface area contributed by atoms with Gasteiger partial charge in [0.2, 0.25) is 0 Å². The zero-order chi connectivity index (χ0) is 13.1. The number of rotatable bonds is 3. The van der Waals surface area contributed by atoms with Crippen molar-refractivity contribution in [3.8, 4) is 0 Å². The normalized spacial score (nSPS) is 10.4. The molecule has 0 saturated carbocycles. The van der Waals surface area contributed by atoms with Gasteiger partial charge in [0, 0.05) is 31.1 Å². The summed E-state index contributed by atoms with van der Waals surface area (Å²) in [6, 6.07) is 3.19. The summed E-state index contributed by atoms with van der Waals surface area (Å²) in [4.78, 5) is 3.98. The van der Waals surface area contributed by atoms with Gasteiger partial charge in [0.05, 0.1) is 5.69 Å². The molecule has 0 aliphatic heterocycles. The van der Waals surface area contributed by atoms with Crippen molar-refractivity contribution >= 4 is 5.69 Å². The molecule has 0 aliphatic rings. The molecule has 0 radical (unpaired) electrons. The minimum atomic E-state index is -1.20. The first-order valence-corrected chi connectivity index (χ1v) is 5.35. The van der Waals surface area contributed by atoms with Gasteiger partial charge in [-0.25, -0.2) is 13.2 Å². The van der Waals surface area contributed by atoms with E-state index in [1.54, 1.807) is 12.4 Å². The fraction of sp³-hybridized carbons (Fsp3) is 0.154. The highest BCUT2D eigenvalue weighted by molar-refractivity contribution is 5.45. The van der Waals surface area contributed by atoms with Crippen LogP contribution in [0.2, 0.25) is 0 Å². The summed E-state index contributed by atoms with van der Waals surface area (Å²) in [6.07, 6.45) is 3.32. The fourth-order valence-electron chi connectivity index (χ4n) is 1.57. The first-order valence-electron chi connectivity index (χ1n) is 5.35. The molecule has 0 fully saturated rings. The molecule has 1 aromatic heterocycles. The van der Waals surface area contributed by atoms with E-state index < -0.39 is 17.5 Å². The van der Waals surface area contributed by atoms with Crippen molar-refractivity contribution in [2.45, 2.75) is 13.5 Å². The van der Waals surface area contributed by atoms with Crippen LogP contribution in [0, 0.1) is 24.4 Å². The van der Waals surface area contributed by atoms with Gasteiger partial charge < -0.3 is 5.32 Å². The van der Waals surface area contributed by atoms with Crippen molar-refractivity contribution in [3.63, 3.8) is 0 Å². The molecule has 0 amide bonds. The summed E-state index contributed by atoms with van der Waals surface area (Å²) in [5.41, 5.74) is 1.73. The Bertz CT molecular complexity index is 570. The minimum absolute atomic E-state index is 0.0737. The standard InChI is InChI=1S/C13H11F3N2/c1-8-2-9(6-17-5-8)7-18-13-4-11(15)10(14)3-12(13)16/h2-6,18H,7H2,1H3. The summed E-state index contributed by atoms with van der Waals surface area (Å²) in [7, 11) is 0. The van der Waals surface area contributed by atoms with Gasteiger partial charge in [-0.15, -0.1) is 0 Å². The first kappa shape index (κ1) is 12.4. The van der Waals surface area contributed by atoms with E-state index >= 15 is 0 Å². The van der Waals surface area contributed by atoms with Gasteiger partial charge in [-0.3, -0.25) is 4.98 Å². The Labute approximate surface area is 102 Å². The van der Waals surface area contributed by atoms with Crippen molar-refractivity contribution < 1.29 is 13.2 Å². The monoisotopic (exact) mass is 252 g/mol. The Morgan fingerprint density at radius 1 is 1.00 bits per heavy atom. The van der Waals surface area contributed by atoms with Crippen LogP contribution in [-0.4, -0.2) is 4.98 Å². The van der Waals surface area contributed by atoms with E-state index in [4.69, 9.17) is 0 Å². The Morgan fingerprint density at radius 3 is 2.44 bits per heavy atom. The second-order valence-electron chi connectivity index (χ2n) is 3.97. The Kier molecular flexibility index (Phi) is 3.50. The van der Waals surface area contributed by atoms with Crippen LogP contribution in [0.4, 0.5) is 18.9 Å². The predicted octanol–water partition coefficient (Wildman–Crippen LogP) is 3.42. The highest BCUT2D eigenvalue weighted by Crippen LogP contribution is 2.19. The molecule has 18 heavy (non-hydrogen) atoms. The molecule has 0 bridgehead atoms. The maximum absolute atomic E-state index is 13.3. The maximum Gasteiger partial charge on any atom is 0.161 e. The molecule has 94 valence electrons. The van der Waals surface area contributed by atoms with Gasteiger partial charge >= 0.3 is 0 Å². The topological polar surface area (TPSA) is 24.9 Å². The van der Waals surface area contributed by atoms with Crippen molar-refractivity contribution in [1.29, 1.82) is 0 Å². The molecule has 1 aromatic carbocycles. The lowest BCUT2D eigenvalue weighted by molar-refractivity contribution is 0.496. The molecule has 1 heterocycles. The van der Waals surface area contributed by atoms with E-state index in [0.717, 1.165) is 17.2 Å². The summed E-state index contributed by atoms with van der Waals surface area (Å²) in [5.74, 6) is -3.11. The molecule has 0 saturated heterocycles. The lowest BCUT2D eigenvalue weighted by atomic mass is 10.2. The summed E-state index contributed by atoms with van der Waals surface area (Å²) in [6.45, 7) is 2.17. The third-order valence-electron chi connectivity index (χ3n) is 2.42. The molecule has 0 atom stereocenters. The maximum atomic E-state index is 13.3. The smallest absolute Gasteiger partial charge is 0.161 e. The SMILES string of the molecule is Cc1cncc(CNc2cc(F)c(F)cc2F)c1. The van der Waals surface area contributed by atoms with Gasteiger partial charge in [0.25, 0.3) is 0 Å². The quantitative estimate of drug-likeness (QED) is 0.847. The second-order valence-corrected chi connectivity index (χ2v) is 3.97. The lowest BCUT2D eigenvalue weighted by Crippen LogP contribution is -2.03. The third-order valence-corrected chi connectivity index (χ3v) is 2.42. The fourth-order valence-corrected chi connectivity index (χ4v) is 1.57. The number of benzene rings is 1. The average molecular weight is 252 g/mol. The van der Waals surface area contributed by atoms with Crippen molar-refractivity contribution in [2.75, 3.05) is 5.32 Å². The summed E-state index contributed by atoms with van der Waals surface area (Å²) >= 11 is 0. The van der Waals surface area contributed by atoms with E-state index in [-0.39, 0.29) is 12.2 Å². The summed E-state index contributed by atoms with van der Waals surface area (Å²) < 4.78 is 39.0. The number of hydrogen-bond acceptors (Lipinski definition) is 2. The first-order chi connectivity index (χ1) is 8.56. The summed E-state index contributed by atoms with van der Waals surface area (Å²) in [5, 5.41) is 2.70. The Balaban J connectivity index is 2.13. The molecular weight excluding hydrogens is 241 g/mol. The van der Waals surface area contributed by atoms with E-state index in [2.05, 4.69) is 10.3 Å². The Morgan fingerprint density at radius 2 is 1.72 bits per heavy atom. The third kappa shape index (κ3) is 2.80. The zero-order valence-electron chi connectivity index (χ0n) is 9.67. The van der Waals surface area contributed by atoms with E-state index in [1.807, 2.05) is 13.0 Å². The molecule has 2 rings (SSSR count). The molecule has 5 heteroatoms. The van der Waals surface area contributed by atoms with Crippen LogP contribution in [0.25, 0.3) is 0 Å². The van der Waals surface area contributed by atoms with Crippen LogP contribution >= 0.6 is 0 Å². The lowest BCUT2D eigenvalue weighted by Gasteiger charge is -2.08. The largest absolute Gasteiger partial charge is 0.378 e. The predicted molar refractivity (Wildman–Crippen MR) is 62.6 cm³/mol. The molecule has 2 aromatic rings. The van der Waals surface area contributed by atoms with Crippen molar-refractivity contribution in [1.82, 2.24) is 4.98 Å². The average Bonchev–Trinajstić information content (AvgIpc) is 2.32. The van der Waals surface area contributed by atoms with Gasteiger partial charge in [-0.05, 0) is 18.1 Å². The molecule has 1 N–H and O–H groups in total. The van der Waals surface area contributed by atoms with Crippen LogP contribution < -0.4 is 5.32 Å². The van der Waals surface area contributed by atoms with E-state index in [9.17, 15) is 13.2 Å². The molecule has 0 unspecified atom stereocenters. The number of nitrogens with zero attached hydrogens (tertiary/aromatic N) is 1. The Hall–Kier alpha value is -2.04. The van der Waals surface area contributed by atoms with Gasteiger partial charge in [-0.1, -0.05) is 6.07 Å². The van der Waals surface area contributed by atoms with E-state index in [0.29, 0.717) is 6.07 Å². The van der Waals surface area contributed by atoms with Crippen molar-refractivity contribution in [2.24, 2.45) is 0 Å². The van der Waals surface area contributed by atoms with Gasteiger partial charge in [0.1, 0.15) is 5.82 Å². The minimum Gasteiger partial charge on any atom is -0.378 e. The molecular formula is C13H11F3N2. The van der Waals surface area contributed by atoms with Gasteiger partial charge in [0.15, 0.2) is 11.6 Å². The number of pyridine rings is 1. The van der Waals surface area contributed by atoms with Crippen LogP contribution in [0.15, 0.2) is 30.6 Å². The van der Waals surface area contributed by atoms with Crippen LogP contribution in [-0.2, 0) is 6.54 Å². The van der Waals surface area contributed by atoms with Crippen LogP contribution in [0.1, 0.15) is 11.1 Å². The number of anilines is 1. The number of aryl methyl sites for hydroxylation is 1. The number of nitrogens with one attached hydrogen (secondary N) is 1. The molecule has 2 nitrogen and oxygen atoms in total. The molecule has 0 spiro atoms.